The van der Waals surface area contributed by atoms with Crippen molar-refractivity contribution in [2.24, 2.45) is 0 Å². The van der Waals surface area contributed by atoms with Crippen LogP contribution in [0, 0.1) is 13.8 Å². The molecule has 3 heterocycles. The van der Waals surface area contributed by atoms with E-state index in [0.717, 1.165) is 22.6 Å². The minimum absolute atomic E-state index is 0.184. The molecule has 2 aromatic heterocycles. The molecule has 24 heavy (non-hydrogen) atoms. The van der Waals surface area contributed by atoms with E-state index < -0.39 is 0 Å². The second-order valence-corrected chi connectivity index (χ2v) is 5.65. The van der Waals surface area contributed by atoms with Gasteiger partial charge in [-0.15, -0.1) is 0 Å². The highest BCUT2D eigenvalue weighted by atomic mass is 16.7. The molecule has 1 aromatic carbocycles. The molecule has 0 fully saturated rings. The molecule has 124 valence electrons. The number of nitrogens with zero attached hydrogens (tertiary/aromatic N) is 3. The Kier molecular flexibility index (Phi) is 3.41. The average Bonchev–Trinajstić information content (AvgIpc) is 3.28. The van der Waals surface area contributed by atoms with Gasteiger partial charge >= 0.3 is 0 Å². The van der Waals surface area contributed by atoms with E-state index >= 15 is 0 Å². The van der Waals surface area contributed by atoms with Gasteiger partial charge in [-0.25, -0.2) is 4.98 Å². The third-order valence-corrected chi connectivity index (χ3v) is 3.87. The number of hydrogen-bond acceptors (Lipinski definition) is 6. The van der Waals surface area contributed by atoms with Crippen molar-refractivity contribution in [3.8, 4) is 28.7 Å². The van der Waals surface area contributed by atoms with E-state index in [9.17, 15) is 0 Å². The number of hydrogen-bond donors (Lipinski definition) is 0. The number of benzene rings is 1. The third kappa shape index (κ3) is 2.47. The number of ether oxygens (including phenoxy) is 3. The van der Waals surface area contributed by atoms with Gasteiger partial charge in [0.25, 0.3) is 0 Å². The molecular weight excluding hydrogens is 310 g/mol. The van der Waals surface area contributed by atoms with Crippen LogP contribution in [-0.4, -0.2) is 28.7 Å². The fourth-order valence-electron chi connectivity index (χ4n) is 2.66. The third-order valence-electron chi connectivity index (χ3n) is 3.87. The van der Waals surface area contributed by atoms with Crippen molar-refractivity contribution in [1.82, 2.24) is 14.8 Å². The Labute approximate surface area is 138 Å². The summed E-state index contributed by atoms with van der Waals surface area (Å²) in [6.07, 6.45) is 3.79. The van der Waals surface area contributed by atoms with Gasteiger partial charge in [0.15, 0.2) is 11.5 Å². The molecule has 0 unspecified atom stereocenters. The summed E-state index contributed by atoms with van der Waals surface area (Å²) in [5.41, 5.74) is 2.73. The lowest BCUT2D eigenvalue weighted by molar-refractivity contribution is 0.171. The van der Waals surface area contributed by atoms with Gasteiger partial charge in [0.2, 0.25) is 18.4 Å². The number of oxazole rings is 1. The van der Waals surface area contributed by atoms with E-state index in [1.54, 1.807) is 7.11 Å². The molecule has 0 radical (unpaired) electrons. The molecule has 0 spiro atoms. The van der Waals surface area contributed by atoms with Gasteiger partial charge in [-0.1, -0.05) is 0 Å². The van der Waals surface area contributed by atoms with Crippen LogP contribution in [0.4, 0.5) is 0 Å². The molecule has 3 aromatic rings. The van der Waals surface area contributed by atoms with Crippen LogP contribution in [0.1, 0.15) is 17.0 Å². The Morgan fingerprint density at radius 2 is 2.12 bits per heavy atom. The van der Waals surface area contributed by atoms with Crippen LogP contribution in [0.15, 0.2) is 28.9 Å². The molecule has 0 amide bonds. The molecule has 7 heteroatoms. The van der Waals surface area contributed by atoms with Crippen LogP contribution in [-0.2, 0) is 6.54 Å². The van der Waals surface area contributed by atoms with Crippen molar-refractivity contribution in [3.63, 3.8) is 0 Å². The molecule has 4 rings (SSSR count). The Morgan fingerprint density at radius 3 is 2.88 bits per heavy atom. The van der Waals surface area contributed by atoms with Crippen molar-refractivity contribution >= 4 is 0 Å². The standard InChI is InChI=1S/C17H17N3O4/c1-10-6-18-20(7-10)8-13-11(2)24-17(19-13)12-4-14(21-3)16-15(5-12)22-9-23-16/h4-7H,8-9H2,1-3H3. The summed E-state index contributed by atoms with van der Waals surface area (Å²) in [5, 5.41) is 4.29. The second kappa shape index (κ2) is 5.59. The minimum atomic E-state index is 0.184. The zero-order chi connectivity index (χ0) is 16.7. The first-order valence-corrected chi connectivity index (χ1v) is 7.57. The highest BCUT2D eigenvalue weighted by Gasteiger charge is 2.22. The van der Waals surface area contributed by atoms with E-state index in [-0.39, 0.29) is 6.79 Å². The van der Waals surface area contributed by atoms with Crippen molar-refractivity contribution in [2.45, 2.75) is 20.4 Å². The minimum Gasteiger partial charge on any atom is -0.493 e. The molecule has 0 atom stereocenters. The van der Waals surface area contributed by atoms with Gasteiger partial charge in [-0.3, -0.25) is 4.68 Å². The van der Waals surface area contributed by atoms with Crippen LogP contribution in [0.2, 0.25) is 0 Å². The normalized spacial score (nSPS) is 12.6. The van der Waals surface area contributed by atoms with Crippen LogP contribution in [0.3, 0.4) is 0 Å². The first-order valence-electron chi connectivity index (χ1n) is 7.57. The summed E-state index contributed by atoms with van der Waals surface area (Å²) < 4.78 is 23.9. The molecule has 7 nitrogen and oxygen atoms in total. The quantitative estimate of drug-likeness (QED) is 0.734. The molecule has 0 saturated carbocycles. The fraction of sp³-hybridized carbons (Fsp3) is 0.294. The highest BCUT2D eigenvalue weighted by molar-refractivity contribution is 5.66. The largest absolute Gasteiger partial charge is 0.493 e. The van der Waals surface area contributed by atoms with E-state index in [4.69, 9.17) is 18.6 Å². The van der Waals surface area contributed by atoms with E-state index in [1.807, 2.05) is 43.1 Å². The predicted octanol–water partition coefficient (Wildman–Crippen LogP) is 2.94. The summed E-state index contributed by atoms with van der Waals surface area (Å²) in [6, 6.07) is 3.68. The predicted molar refractivity (Wildman–Crippen MR) is 85.4 cm³/mol. The number of rotatable bonds is 4. The smallest absolute Gasteiger partial charge is 0.231 e. The highest BCUT2D eigenvalue weighted by Crippen LogP contribution is 2.44. The van der Waals surface area contributed by atoms with Crippen molar-refractivity contribution in [3.05, 3.63) is 41.5 Å². The van der Waals surface area contributed by atoms with Crippen molar-refractivity contribution in [2.75, 3.05) is 13.9 Å². The monoisotopic (exact) mass is 327 g/mol. The molecule has 1 aliphatic rings. The molecule has 0 N–H and O–H groups in total. The summed E-state index contributed by atoms with van der Waals surface area (Å²) in [5.74, 6) is 3.11. The molecule has 0 saturated heterocycles. The maximum absolute atomic E-state index is 5.83. The summed E-state index contributed by atoms with van der Waals surface area (Å²) in [7, 11) is 1.59. The fourth-order valence-corrected chi connectivity index (χ4v) is 2.66. The Morgan fingerprint density at radius 1 is 1.25 bits per heavy atom. The Hall–Kier alpha value is -2.96. The van der Waals surface area contributed by atoms with Crippen LogP contribution in [0.25, 0.3) is 11.5 Å². The summed E-state index contributed by atoms with van der Waals surface area (Å²) in [4.78, 5) is 4.61. The first kappa shape index (κ1) is 14.6. The Bertz CT molecular complexity index is 897. The van der Waals surface area contributed by atoms with E-state index in [2.05, 4.69) is 10.1 Å². The number of methoxy groups -OCH3 is 1. The van der Waals surface area contributed by atoms with Gasteiger partial charge in [0.05, 0.1) is 19.9 Å². The van der Waals surface area contributed by atoms with Gasteiger partial charge in [0.1, 0.15) is 11.5 Å². The topological polar surface area (TPSA) is 71.5 Å². The second-order valence-electron chi connectivity index (χ2n) is 5.65. The zero-order valence-corrected chi connectivity index (χ0v) is 13.7. The number of aryl methyl sites for hydroxylation is 2. The lowest BCUT2D eigenvalue weighted by Crippen LogP contribution is -2.01. The zero-order valence-electron chi connectivity index (χ0n) is 13.7. The van der Waals surface area contributed by atoms with Gasteiger partial charge in [-0.05, 0) is 31.5 Å². The lowest BCUT2D eigenvalue weighted by atomic mass is 10.2. The van der Waals surface area contributed by atoms with Crippen LogP contribution < -0.4 is 14.2 Å². The number of fused-ring (bicyclic) bond motifs is 1. The van der Waals surface area contributed by atoms with Crippen LogP contribution >= 0.6 is 0 Å². The lowest BCUT2D eigenvalue weighted by Gasteiger charge is -2.06. The van der Waals surface area contributed by atoms with Crippen molar-refractivity contribution < 1.29 is 18.6 Å². The molecule has 0 aliphatic carbocycles. The van der Waals surface area contributed by atoms with E-state index in [1.165, 1.54) is 0 Å². The van der Waals surface area contributed by atoms with Gasteiger partial charge in [-0.2, -0.15) is 5.10 Å². The maximum atomic E-state index is 5.83. The first-order chi connectivity index (χ1) is 11.6. The molecule has 0 bridgehead atoms. The molecule has 1 aliphatic heterocycles. The average molecular weight is 327 g/mol. The van der Waals surface area contributed by atoms with Crippen molar-refractivity contribution in [1.29, 1.82) is 0 Å². The van der Waals surface area contributed by atoms with Crippen LogP contribution in [0.5, 0.6) is 17.2 Å². The van der Waals surface area contributed by atoms with E-state index in [0.29, 0.717) is 29.7 Å². The number of aromatic nitrogens is 3. The molecular formula is C17H17N3O4. The SMILES string of the molecule is COc1cc(-c2nc(Cn3cc(C)cn3)c(C)o2)cc2c1OCO2. The maximum Gasteiger partial charge on any atom is 0.231 e. The Balaban J connectivity index is 1.69. The van der Waals surface area contributed by atoms with Gasteiger partial charge < -0.3 is 18.6 Å². The summed E-state index contributed by atoms with van der Waals surface area (Å²) in [6.45, 7) is 4.64. The van der Waals surface area contributed by atoms with Gasteiger partial charge in [0, 0.05) is 11.8 Å². The summed E-state index contributed by atoms with van der Waals surface area (Å²) >= 11 is 0.